The van der Waals surface area contributed by atoms with Gasteiger partial charge in [0, 0.05) is 24.4 Å². The zero-order valence-electron chi connectivity index (χ0n) is 14.0. The number of nitrogens with zero attached hydrogens (tertiary/aromatic N) is 2. The van der Waals surface area contributed by atoms with Crippen molar-refractivity contribution in [3.8, 4) is 0 Å². The van der Waals surface area contributed by atoms with E-state index in [1.165, 1.54) is 12.8 Å². The van der Waals surface area contributed by atoms with Gasteiger partial charge >= 0.3 is 0 Å². The molecule has 1 saturated carbocycles. The molecular weight excluding hydrogens is 298 g/mol. The fourth-order valence-corrected chi connectivity index (χ4v) is 2.44. The van der Waals surface area contributed by atoms with Crippen LogP contribution in [0.5, 0.6) is 0 Å². The minimum atomic E-state index is 0.468. The van der Waals surface area contributed by atoms with Gasteiger partial charge in [0.05, 0.1) is 0 Å². The summed E-state index contributed by atoms with van der Waals surface area (Å²) in [5, 5.41) is 3.45. The fraction of sp³-hybridized carbons (Fsp3) is 0.300. The molecule has 0 aliphatic heterocycles. The summed E-state index contributed by atoms with van der Waals surface area (Å²) in [5.41, 5.74) is 3.24. The molecular formula is C20H23N3O. The average molecular weight is 321 g/mol. The average Bonchev–Trinajstić information content (AvgIpc) is 3.43. The summed E-state index contributed by atoms with van der Waals surface area (Å²) in [4.78, 5) is 8.49. The largest absolute Gasteiger partial charge is 0.473 e. The molecule has 1 aliphatic carbocycles. The molecule has 1 fully saturated rings. The molecule has 1 N–H and O–H groups in total. The van der Waals surface area contributed by atoms with Gasteiger partial charge in [0.15, 0.2) is 0 Å². The van der Waals surface area contributed by atoms with Crippen LogP contribution in [0.2, 0.25) is 0 Å². The molecule has 0 amide bonds. The lowest BCUT2D eigenvalue weighted by Crippen LogP contribution is -2.07. The van der Waals surface area contributed by atoms with E-state index in [4.69, 9.17) is 4.74 Å². The minimum absolute atomic E-state index is 0.468. The van der Waals surface area contributed by atoms with Crippen LogP contribution in [0.15, 0.2) is 53.5 Å². The summed E-state index contributed by atoms with van der Waals surface area (Å²) in [6, 6.07) is 12.0. The second-order valence-electron chi connectivity index (χ2n) is 6.13. The Balaban J connectivity index is 1.75. The molecule has 0 radical (unpaired) electrons. The fourth-order valence-electron chi connectivity index (χ4n) is 2.44. The molecule has 0 unspecified atom stereocenters. The Bertz CT molecular complexity index is 721. The van der Waals surface area contributed by atoms with Crippen molar-refractivity contribution in [2.75, 3.05) is 11.9 Å². The third-order valence-electron chi connectivity index (χ3n) is 4.12. The summed E-state index contributed by atoms with van der Waals surface area (Å²) in [5.74, 6) is 2.17. The minimum Gasteiger partial charge on any atom is -0.473 e. The number of pyridine rings is 1. The first-order valence-corrected chi connectivity index (χ1v) is 8.31. The van der Waals surface area contributed by atoms with Gasteiger partial charge in [-0.15, -0.1) is 0 Å². The van der Waals surface area contributed by atoms with Crippen LogP contribution in [0.1, 0.15) is 29.5 Å². The SMILES string of the molecule is C=N/C(=C\c1c(C)ccnc1NCC1CC1)OCc1ccccc1. The first kappa shape index (κ1) is 16.2. The molecule has 3 rings (SSSR count). The van der Waals surface area contributed by atoms with Crippen molar-refractivity contribution in [1.82, 2.24) is 4.98 Å². The van der Waals surface area contributed by atoms with E-state index >= 15 is 0 Å². The molecule has 0 bridgehead atoms. The summed E-state index contributed by atoms with van der Waals surface area (Å²) in [6.45, 7) is 7.13. The van der Waals surface area contributed by atoms with Crippen molar-refractivity contribution in [3.05, 3.63) is 65.2 Å². The van der Waals surface area contributed by atoms with Gasteiger partial charge in [-0.1, -0.05) is 30.3 Å². The van der Waals surface area contributed by atoms with Gasteiger partial charge in [-0.05, 0) is 49.6 Å². The Hall–Kier alpha value is -2.62. The van der Waals surface area contributed by atoms with E-state index in [2.05, 4.69) is 28.9 Å². The lowest BCUT2D eigenvalue weighted by molar-refractivity contribution is 0.200. The van der Waals surface area contributed by atoms with Crippen molar-refractivity contribution in [1.29, 1.82) is 0 Å². The monoisotopic (exact) mass is 321 g/mol. The van der Waals surface area contributed by atoms with E-state index in [0.717, 1.165) is 35.0 Å². The van der Waals surface area contributed by atoms with Gasteiger partial charge in [0.25, 0.3) is 0 Å². The van der Waals surface area contributed by atoms with Crippen LogP contribution in [0, 0.1) is 12.8 Å². The summed E-state index contributed by atoms with van der Waals surface area (Å²) >= 11 is 0. The lowest BCUT2D eigenvalue weighted by Gasteiger charge is -2.12. The van der Waals surface area contributed by atoms with E-state index < -0.39 is 0 Å². The van der Waals surface area contributed by atoms with Crippen LogP contribution in [0.25, 0.3) is 6.08 Å². The summed E-state index contributed by atoms with van der Waals surface area (Å²) in [7, 11) is 0. The highest BCUT2D eigenvalue weighted by molar-refractivity contribution is 5.67. The zero-order valence-corrected chi connectivity index (χ0v) is 14.0. The van der Waals surface area contributed by atoms with Gasteiger partial charge < -0.3 is 10.1 Å². The number of hydrogen-bond acceptors (Lipinski definition) is 4. The maximum atomic E-state index is 5.81. The normalized spacial score (nSPS) is 14.3. The topological polar surface area (TPSA) is 46.5 Å². The predicted octanol–water partition coefficient (Wildman–Crippen LogP) is 4.43. The molecule has 1 aliphatic rings. The number of aliphatic imine (C=N–C) groups is 1. The molecule has 124 valence electrons. The number of rotatable bonds is 8. The Morgan fingerprint density at radius 3 is 2.83 bits per heavy atom. The van der Waals surface area contributed by atoms with E-state index in [0.29, 0.717) is 12.5 Å². The highest BCUT2D eigenvalue weighted by Gasteiger charge is 2.21. The molecule has 2 aromatic rings. The van der Waals surface area contributed by atoms with E-state index in [1.54, 1.807) is 0 Å². The number of hydrogen-bond donors (Lipinski definition) is 1. The molecule has 1 aromatic carbocycles. The molecule has 0 atom stereocenters. The third-order valence-corrected chi connectivity index (χ3v) is 4.12. The van der Waals surface area contributed by atoms with Crippen molar-refractivity contribution in [2.45, 2.75) is 26.4 Å². The Morgan fingerprint density at radius 2 is 2.12 bits per heavy atom. The zero-order chi connectivity index (χ0) is 16.8. The van der Waals surface area contributed by atoms with E-state index in [9.17, 15) is 0 Å². The van der Waals surface area contributed by atoms with Crippen molar-refractivity contribution in [2.24, 2.45) is 10.9 Å². The maximum Gasteiger partial charge on any atom is 0.213 e. The molecule has 1 aromatic heterocycles. The van der Waals surface area contributed by atoms with Crippen LogP contribution in [-0.4, -0.2) is 18.2 Å². The van der Waals surface area contributed by atoms with Gasteiger partial charge in [-0.25, -0.2) is 9.98 Å². The summed E-state index contributed by atoms with van der Waals surface area (Å²) < 4.78 is 5.81. The molecule has 0 spiro atoms. The highest BCUT2D eigenvalue weighted by Crippen LogP contribution is 2.30. The lowest BCUT2D eigenvalue weighted by atomic mass is 10.1. The molecule has 4 nitrogen and oxygen atoms in total. The molecule has 4 heteroatoms. The van der Waals surface area contributed by atoms with Crippen LogP contribution < -0.4 is 5.32 Å². The Kier molecular flexibility index (Phi) is 5.26. The van der Waals surface area contributed by atoms with Crippen molar-refractivity contribution in [3.63, 3.8) is 0 Å². The molecule has 24 heavy (non-hydrogen) atoms. The third kappa shape index (κ3) is 4.44. The van der Waals surface area contributed by atoms with Gasteiger partial charge in [-0.3, -0.25) is 0 Å². The number of aryl methyl sites for hydroxylation is 1. The molecule has 1 heterocycles. The second-order valence-corrected chi connectivity index (χ2v) is 6.13. The number of anilines is 1. The first-order chi connectivity index (χ1) is 11.8. The molecule has 0 saturated heterocycles. The summed E-state index contributed by atoms with van der Waals surface area (Å²) in [6.07, 6.45) is 6.36. The van der Waals surface area contributed by atoms with E-state index in [1.807, 2.05) is 48.7 Å². The van der Waals surface area contributed by atoms with Gasteiger partial charge in [0.2, 0.25) is 5.88 Å². The predicted molar refractivity (Wildman–Crippen MR) is 98.9 cm³/mol. The Morgan fingerprint density at radius 1 is 1.33 bits per heavy atom. The quantitative estimate of drug-likeness (QED) is 0.578. The van der Waals surface area contributed by atoms with Crippen LogP contribution in [-0.2, 0) is 11.3 Å². The van der Waals surface area contributed by atoms with Gasteiger partial charge in [-0.2, -0.15) is 0 Å². The van der Waals surface area contributed by atoms with Crippen LogP contribution >= 0.6 is 0 Å². The number of aromatic nitrogens is 1. The van der Waals surface area contributed by atoms with Crippen molar-refractivity contribution < 1.29 is 4.74 Å². The number of nitrogens with one attached hydrogen (secondary N) is 1. The maximum absolute atomic E-state index is 5.81. The van der Waals surface area contributed by atoms with Gasteiger partial charge in [0.1, 0.15) is 12.4 Å². The Labute approximate surface area is 143 Å². The van der Waals surface area contributed by atoms with Crippen LogP contribution in [0.4, 0.5) is 5.82 Å². The van der Waals surface area contributed by atoms with Crippen LogP contribution in [0.3, 0.4) is 0 Å². The highest BCUT2D eigenvalue weighted by atomic mass is 16.5. The second kappa shape index (κ2) is 7.77. The van der Waals surface area contributed by atoms with E-state index in [-0.39, 0.29) is 0 Å². The smallest absolute Gasteiger partial charge is 0.213 e. The number of benzene rings is 1. The number of ether oxygens (including phenoxy) is 1. The van der Waals surface area contributed by atoms with Crippen molar-refractivity contribution >= 4 is 18.6 Å². The standard InChI is InChI=1S/C20H23N3O/c1-15-10-11-22-20(23-13-16-8-9-16)18(15)12-19(21-2)24-14-17-6-4-3-5-7-17/h3-7,10-12,16H,2,8-9,13-14H2,1H3,(H,22,23)/b19-12+. The first-order valence-electron chi connectivity index (χ1n) is 8.31.